The Morgan fingerprint density at radius 3 is 2.95 bits per heavy atom. The molecule has 0 aromatic carbocycles. The second-order valence-corrected chi connectivity index (χ2v) is 5.68. The lowest BCUT2D eigenvalue weighted by atomic mass is 9.74. The number of aryl methyl sites for hydroxylation is 1. The minimum atomic E-state index is -0.386. The lowest BCUT2D eigenvalue weighted by Crippen LogP contribution is -2.47. The fourth-order valence-corrected chi connectivity index (χ4v) is 2.45. The second-order valence-electron chi connectivity index (χ2n) is 5.68. The molecule has 1 aliphatic rings. The molecule has 1 amide bonds. The van der Waals surface area contributed by atoms with E-state index in [4.69, 9.17) is 4.52 Å². The smallest absolute Gasteiger partial charge is 0.246 e. The zero-order chi connectivity index (χ0) is 13.9. The lowest BCUT2D eigenvalue weighted by molar-refractivity contribution is -0.132. The van der Waals surface area contributed by atoms with Crippen molar-refractivity contribution in [1.29, 1.82) is 0 Å². The zero-order valence-corrected chi connectivity index (χ0v) is 11.8. The molecule has 6 nitrogen and oxygen atoms in total. The standard InChI is InChI=1S/C13H22N4O2/c1-9-16-11(19-17-9)8-15-12(18)13(2,3)10-5-4-6-14-7-10/h10,14H,4-8H2,1-3H3,(H,15,18). The van der Waals surface area contributed by atoms with E-state index in [1.54, 1.807) is 6.92 Å². The van der Waals surface area contributed by atoms with Crippen LogP contribution in [0.15, 0.2) is 4.52 Å². The van der Waals surface area contributed by atoms with Gasteiger partial charge in [-0.15, -0.1) is 0 Å². The molecule has 0 saturated carbocycles. The Hall–Kier alpha value is -1.43. The van der Waals surface area contributed by atoms with Crippen molar-refractivity contribution in [3.8, 4) is 0 Å². The first-order valence-electron chi connectivity index (χ1n) is 6.78. The molecule has 0 radical (unpaired) electrons. The molecule has 0 bridgehead atoms. The molecule has 1 aliphatic heterocycles. The quantitative estimate of drug-likeness (QED) is 0.850. The third-order valence-corrected chi connectivity index (χ3v) is 3.87. The molecule has 1 saturated heterocycles. The Morgan fingerprint density at radius 1 is 1.58 bits per heavy atom. The van der Waals surface area contributed by atoms with Crippen LogP contribution in [0, 0.1) is 18.3 Å². The van der Waals surface area contributed by atoms with Crippen molar-refractivity contribution in [3.63, 3.8) is 0 Å². The zero-order valence-electron chi connectivity index (χ0n) is 11.8. The van der Waals surface area contributed by atoms with Crippen LogP contribution in [0.2, 0.25) is 0 Å². The monoisotopic (exact) mass is 266 g/mol. The Kier molecular flexibility index (Phi) is 4.19. The largest absolute Gasteiger partial charge is 0.347 e. The molecular weight excluding hydrogens is 244 g/mol. The van der Waals surface area contributed by atoms with Crippen molar-refractivity contribution >= 4 is 5.91 Å². The Labute approximate surface area is 113 Å². The van der Waals surface area contributed by atoms with Gasteiger partial charge in [-0.25, -0.2) is 0 Å². The number of amides is 1. The fraction of sp³-hybridized carbons (Fsp3) is 0.769. The van der Waals surface area contributed by atoms with Gasteiger partial charge in [0.15, 0.2) is 5.82 Å². The maximum absolute atomic E-state index is 12.3. The van der Waals surface area contributed by atoms with E-state index in [1.807, 2.05) is 13.8 Å². The van der Waals surface area contributed by atoms with E-state index in [1.165, 1.54) is 0 Å². The van der Waals surface area contributed by atoms with Crippen molar-refractivity contribution in [2.75, 3.05) is 13.1 Å². The molecule has 2 rings (SSSR count). The minimum absolute atomic E-state index is 0.0389. The summed E-state index contributed by atoms with van der Waals surface area (Å²) < 4.78 is 4.98. The Bertz CT molecular complexity index is 436. The van der Waals surface area contributed by atoms with Crippen LogP contribution in [0.3, 0.4) is 0 Å². The molecular formula is C13H22N4O2. The Balaban J connectivity index is 1.90. The molecule has 2 heterocycles. The molecule has 106 valence electrons. The summed E-state index contributed by atoms with van der Waals surface area (Å²) in [6.07, 6.45) is 2.22. The van der Waals surface area contributed by atoms with Crippen molar-refractivity contribution in [1.82, 2.24) is 20.8 Å². The van der Waals surface area contributed by atoms with Crippen molar-refractivity contribution in [2.24, 2.45) is 11.3 Å². The van der Waals surface area contributed by atoms with Crippen LogP contribution >= 0.6 is 0 Å². The summed E-state index contributed by atoms with van der Waals surface area (Å²) in [6.45, 7) is 8.00. The van der Waals surface area contributed by atoms with Crippen LogP contribution in [0.5, 0.6) is 0 Å². The summed E-state index contributed by atoms with van der Waals surface area (Å²) in [6, 6.07) is 0. The summed E-state index contributed by atoms with van der Waals surface area (Å²) in [7, 11) is 0. The summed E-state index contributed by atoms with van der Waals surface area (Å²) in [5, 5.41) is 9.94. The van der Waals surface area contributed by atoms with Gasteiger partial charge in [0, 0.05) is 5.41 Å². The molecule has 1 aromatic rings. The van der Waals surface area contributed by atoms with E-state index in [-0.39, 0.29) is 11.3 Å². The summed E-state index contributed by atoms with van der Waals surface area (Å²) in [5.41, 5.74) is -0.386. The van der Waals surface area contributed by atoms with Gasteiger partial charge in [-0.3, -0.25) is 4.79 Å². The average molecular weight is 266 g/mol. The summed E-state index contributed by atoms with van der Waals surface area (Å²) in [5.74, 6) is 1.44. The fourth-order valence-electron chi connectivity index (χ4n) is 2.45. The maximum Gasteiger partial charge on any atom is 0.246 e. The van der Waals surface area contributed by atoms with Crippen molar-refractivity contribution in [2.45, 2.75) is 40.2 Å². The number of rotatable bonds is 4. The first-order chi connectivity index (χ1) is 9.00. The van der Waals surface area contributed by atoms with Gasteiger partial charge in [-0.2, -0.15) is 4.98 Å². The van der Waals surface area contributed by atoms with Gasteiger partial charge < -0.3 is 15.2 Å². The van der Waals surface area contributed by atoms with Gasteiger partial charge in [0.05, 0.1) is 6.54 Å². The van der Waals surface area contributed by atoms with Gasteiger partial charge in [0.2, 0.25) is 11.8 Å². The predicted octanol–water partition coefficient (Wildman–Crippen LogP) is 1.02. The molecule has 0 spiro atoms. The maximum atomic E-state index is 12.3. The van der Waals surface area contributed by atoms with Gasteiger partial charge in [-0.05, 0) is 38.8 Å². The summed E-state index contributed by atoms with van der Waals surface area (Å²) in [4.78, 5) is 16.4. The van der Waals surface area contributed by atoms with E-state index in [2.05, 4.69) is 20.8 Å². The van der Waals surface area contributed by atoms with Crippen LogP contribution in [-0.2, 0) is 11.3 Å². The van der Waals surface area contributed by atoms with E-state index < -0.39 is 0 Å². The number of aromatic nitrogens is 2. The third-order valence-electron chi connectivity index (χ3n) is 3.87. The van der Waals surface area contributed by atoms with Gasteiger partial charge >= 0.3 is 0 Å². The molecule has 2 N–H and O–H groups in total. The minimum Gasteiger partial charge on any atom is -0.347 e. The number of piperidine rings is 1. The van der Waals surface area contributed by atoms with E-state index in [0.717, 1.165) is 25.9 Å². The molecule has 0 aliphatic carbocycles. The van der Waals surface area contributed by atoms with Gasteiger partial charge in [0.1, 0.15) is 0 Å². The van der Waals surface area contributed by atoms with Crippen LogP contribution in [0.1, 0.15) is 38.4 Å². The molecule has 19 heavy (non-hydrogen) atoms. The molecule has 1 fully saturated rings. The Morgan fingerprint density at radius 2 is 2.37 bits per heavy atom. The molecule has 1 unspecified atom stereocenters. The highest BCUT2D eigenvalue weighted by atomic mass is 16.5. The lowest BCUT2D eigenvalue weighted by Gasteiger charge is -2.35. The predicted molar refractivity (Wildman–Crippen MR) is 70.3 cm³/mol. The first kappa shape index (κ1) is 14.0. The molecule has 1 aromatic heterocycles. The van der Waals surface area contributed by atoms with Crippen molar-refractivity contribution in [3.05, 3.63) is 11.7 Å². The number of carbonyl (C=O) groups excluding carboxylic acids is 1. The second kappa shape index (κ2) is 5.69. The number of carbonyl (C=O) groups is 1. The van der Waals surface area contributed by atoms with E-state index in [9.17, 15) is 4.79 Å². The topological polar surface area (TPSA) is 80.0 Å². The highest BCUT2D eigenvalue weighted by Crippen LogP contribution is 2.31. The highest BCUT2D eigenvalue weighted by molar-refractivity contribution is 5.82. The first-order valence-corrected chi connectivity index (χ1v) is 6.78. The van der Waals surface area contributed by atoms with Gasteiger partial charge in [0.25, 0.3) is 0 Å². The number of hydrogen-bond acceptors (Lipinski definition) is 5. The number of hydrogen-bond donors (Lipinski definition) is 2. The van der Waals surface area contributed by atoms with Crippen LogP contribution < -0.4 is 10.6 Å². The highest BCUT2D eigenvalue weighted by Gasteiger charge is 2.37. The third kappa shape index (κ3) is 3.32. The van der Waals surface area contributed by atoms with Gasteiger partial charge in [-0.1, -0.05) is 19.0 Å². The van der Waals surface area contributed by atoms with E-state index in [0.29, 0.717) is 24.2 Å². The SMILES string of the molecule is Cc1noc(CNC(=O)C(C)(C)C2CCCNC2)n1. The number of nitrogens with zero attached hydrogens (tertiary/aromatic N) is 2. The van der Waals surface area contributed by atoms with Crippen molar-refractivity contribution < 1.29 is 9.32 Å². The van der Waals surface area contributed by atoms with Crippen LogP contribution in [0.4, 0.5) is 0 Å². The molecule has 1 atom stereocenters. The summed E-state index contributed by atoms with van der Waals surface area (Å²) >= 11 is 0. The molecule has 6 heteroatoms. The van der Waals surface area contributed by atoms with Crippen LogP contribution in [-0.4, -0.2) is 29.1 Å². The van der Waals surface area contributed by atoms with Crippen LogP contribution in [0.25, 0.3) is 0 Å². The van der Waals surface area contributed by atoms with E-state index >= 15 is 0 Å². The normalized spacial score (nSPS) is 20.3. The average Bonchev–Trinajstić information content (AvgIpc) is 2.82. The number of nitrogens with one attached hydrogen (secondary N) is 2.